The number of pyridine rings is 1. The number of carbonyl (C=O) groups excluding carboxylic acids is 1. The van der Waals surface area contributed by atoms with E-state index in [4.69, 9.17) is 0 Å². The van der Waals surface area contributed by atoms with E-state index in [9.17, 15) is 4.79 Å². The highest BCUT2D eigenvalue weighted by Crippen LogP contribution is 2.24. The first kappa shape index (κ1) is 7.28. The van der Waals surface area contributed by atoms with Crippen LogP contribution in [0.4, 0.5) is 5.69 Å². The summed E-state index contributed by atoms with van der Waals surface area (Å²) in [4.78, 5) is 16.9. The summed E-state index contributed by atoms with van der Waals surface area (Å²) in [5, 5.41) is 0. The van der Waals surface area contributed by atoms with Crippen LogP contribution in [0.5, 0.6) is 0 Å². The molecule has 1 aromatic rings. The number of hydrogen-bond acceptors (Lipinski definition) is 2. The molecule has 0 saturated carbocycles. The maximum atomic E-state index is 11.3. The van der Waals surface area contributed by atoms with Gasteiger partial charge >= 0.3 is 0 Å². The van der Waals surface area contributed by atoms with E-state index in [-0.39, 0.29) is 5.91 Å². The van der Waals surface area contributed by atoms with Gasteiger partial charge in [-0.1, -0.05) is 0 Å². The van der Waals surface area contributed by atoms with E-state index >= 15 is 0 Å². The monoisotopic (exact) mass is 162 g/mol. The molecule has 0 radical (unpaired) electrons. The largest absolute Gasteiger partial charge is 0.314 e. The van der Waals surface area contributed by atoms with Crippen molar-refractivity contribution in [2.24, 2.45) is 0 Å². The van der Waals surface area contributed by atoms with Gasteiger partial charge in [0, 0.05) is 19.7 Å². The number of anilines is 1. The number of hydrogen-bond donors (Lipinski definition) is 0. The first-order valence-electron chi connectivity index (χ1n) is 3.98. The van der Waals surface area contributed by atoms with Crippen molar-refractivity contribution in [3.05, 3.63) is 24.0 Å². The highest BCUT2D eigenvalue weighted by molar-refractivity contribution is 5.95. The van der Waals surface area contributed by atoms with E-state index in [0.717, 1.165) is 12.1 Å². The number of nitrogens with zero attached hydrogens (tertiary/aromatic N) is 2. The molecule has 3 heteroatoms. The molecule has 0 bridgehead atoms. The van der Waals surface area contributed by atoms with Crippen molar-refractivity contribution in [3.8, 4) is 0 Å². The Morgan fingerprint density at radius 3 is 3.17 bits per heavy atom. The van der Waals surface area contributed by atoms with Gasteiger partial charge in [0.05, 0.1) is 11.9 Å². The molecular formula is C9H10N2O. The molecule has 1 aromatic heterocycles. The van der Waals surface area contributed by atoms with Crippen LogP contribution < -0.4 is 4.90 Å². The number of fused-ring (bicyclic) bond motifs is 1. The topological polar surface area (TPSA) is 33.2 Å². The van der Waals surface area contributed by atoms with E-state index in [0.29, 0.717) is 6.42 Å². The molecule has 12 heavy (non-hydrogen) atoms. The van der Waals surface area contributed by atoms with Crippen LogP contribution in [-0.4, -0.2) is 17.9 Å². The minimum absolute atomic E-state index is 0.176. The number of aryl methyl sites for hydroxylation is 1. The van der Waals surface area contributed by atoms with Crippen LogP contribution in [-0.2, 0) is 11.2 Å². The third kappa shape index (κ3) is 0.978. The van der Waals surface area contributed by atoms with Crippen LogP contribution in [0.25, 0.3) is 0 Å². The zero-order valence-electron chi connectivity index (χ0n) is 6.95. The quantitative estimate of drug-likeness (QED) is 0.570. The van der Waals surface area contributed by atoms with Crippen LogP contribution in [0.3, 0.4) is 0 Å². The first-order chi connectivity index (χ1) is 5.79. The minimum atomic E-state index is 0.176. The Bertz CT molecular complexity index is 322. The Balaban J connectivity index is 2.48. The second-order valence-electron chi connectivity index (χ2n) is 2.96. The fourth-order valence-electron chi connectivity index (χ4n) is 1.47. The smallest absolute Gasteiger partial charge is 0.227 e. The van der Waals surface area contributed by atoms with Crippen molar-refractivity contribution in [1.82, 2.24) is 4.98 Å². The highest BCUT2D eigenvalue weighted by atomic mass is 16.2. The van der Waals surface area contributed by atoms with Crippen LogP contribution >= 0.6 is 0 Å². The Morgan fingerprint density at radius 1 is 1.50 bits per heavy atom. The lowest BCUT2D eigenvalue weighted by Gasteiger charge is -2.24. The summed E-state index contributed by atoms with van der Waals surface area (Å²) in [7, 11) is 1.79. The molecule has 3 nitrogen and oxygen atoms in total. The lowest BCUT2D eigenvalue weighted by Crippen LogP contribution is -2.31. The maximum Gasteiger partial charge on any atom is 0.227 e. The van der Waals surface area contributed by atoms with Gasteiger partial charge in [0.2, 0.25) is 5.91 Å². The predicted molar refractivity (Wildman–Crippen MR) is 46.0 cm³/mol. The SMILES string of the molecule is CN1C(=O)CCc2ccncc21. The third-order valence-electron chi connectivity index (χ3n) is 2.23. The van der Waals surface area contributed by atoms with Crippen LogP contribution in [0.1, 0.15) is 12.0 Å². The van der Waals surface area contributed by atoms with Crippen molar-refractivity contribution in [1.29, 1.82) is 0 Å². The Morgan fingerprint density at radius 2 is 2.33 bits per heavy atom. The summed E-state index contributed by atoms with van der Waals surface area (Å²) < 4.78 is 0. The van der Waals surface area contributed by atoms with Crippen molar-refractivity contribution >= 4 is 11.6 Å². The van der Waals surface area contributed by atoms with Crippen molar-refractivity contribution < 1.29 is 4.79 Å². The average Bonchev–Trinajstić information content (AvgIpc) is 2.12. The summed E-state index contributed by atoms with van der Waals surface area (Å²) in [6, 6.07) is 1.97. The summed E-state index contributed by atoms with van der Waals surface area (Å²) in [6.07, 6.45) is 4.98. The second-order valence-corrected chi connectivity index (χ2v) is 2.96. The third-order valence-corrected chi connectivity index (χ3v) is 2.23. The zero-order chi connectivity index (χ0) is 8.55. The number of rotatable bonds is 0. The van der Waals surface area contributed by atoms with E-state index < -0.39 is 0 Å². The lowest BCUT2D eigenvalue weighted by atomic mass is 10.0. The van der Waals surface area contributed by atoms with Gasteiger partial charge in [0.25, 0.3) is 0 Å². The molecule has 0 aromatic carbocycles. The van der Waals surface area contributed by atoms with Gasteiger partial charge in [0.15, 0.2) is 0 Å². The molecule has 1 aliphatic heterocycles. The van der Waals surface area contributed by atoms with Gasteiger partial charge in [-0.25, -0.2) is 0 Å². The van der Waals surface area contributed by atoms with Gasteiger partial charge < -0.3 is 4.90 Å². The molecule has 1 aliphatic rings. The lowest BCUT2D eigenvalue weighted by molar-refractivity contribution is -0.118. The van der Waals surface area contributed by atoms with Crippen LogP contribution in [0, 0.1) is 0 Å². The summed E-state index contributed by atoms with van der Waals surface area (Å²) in [6.45, 7) is 0. The number of aromatic nitrogens is 1. The number of amides is 1. The first-order valence-corrected chi connectivity index (χ1v) is 3.98. The van der Waals surface area contributed by atoms with Gasteiger partial charge in [-0.15, -0.1) is 0 Å². The summed E-state index contributed by atoms with van der Waals surface area (Å²) in [5.74, 6) is 0.176. The van der Waals surface area contributed by atoms with Crippen molar-refractivity contribution in [2.75, 3.05) is 11.9 Å². The van der Waals surface area contributed by atoms with Crippen LogP contribution in [0.2, 0.25) is 0 Å². The molecular weight excluding hydrogens is 152 g/mol. The molecule has 62 valence electrons. The standard InChI is InChI=1S/C9H10N2O/c1-11-8-6-10-5-4-7(8)2-3-9(11)12/h4-6H,2-3H2,1H3. The fourth-order valence-corrected chi connectivity index (χ4v) is 1.47. The van der Waals surface area contributed by atoms with Gasteiger partial charge in [-0.05, 0) is 18.1 Å². The van der Waals surface area contributed by atoms with Gasteiger partial charge in [-0.3, -0.25) is 9.78 Å². The summed E-state index contributed by atoms with van der Waals surface area (Å²) in [5.41, 5.74) is 2.17. The number of carbonyl (C=O) groups is 1. The van der Waals surface area contributed by atoms with Crippen molar-refractivity contribution in [3.63, 3.8) is 0 Å². The molecule has 0 saturated heterocycles. The Hall–Kier alpha value is -1.38. The molecule has 1 amide bonds. The molecule has 0 unspecified atom stereocenters. The van der Waals surface area contributed by atoms with E-state index in [1.54, 1.807) is 24.3 Å². The van der Waals surface area contributed by atoms with E-state index in [2.05, 4.69) is 4.98 Å². The normalized spacial score (nSPS) is 16.1. The average molecular weight is 162 g/mol. The van der Waals surface area contributed by atoms with E-state index in [1.165, 1.54) is 5.56 Å². The van der Waals surface area contributed by atoms with Gasteiger partial charge in [0.1, 0.15) is 0 Å². The molecule has 0 N–H and O–H groups in total. The Labute approximate surface area is 71.0 Å². The van der Waals surface area contributed by atoms with Gasteiger partial charge in [-0.2, -0.15) is 0 Å². The zero-order valence-corrected chi connectivity index (χ0v) is 6.95. The molecule has 2 rings (SSSR count). The molecule has 2 heterocycles. The minimum Gasteiger partial charge on any atom is -0.314 e. The fraction of sp³-hybridized carbons (Fsp3) is 0.333. The molecule has 0 atom stereocenters. The molecule has 0 fully saturated rings. The predicted octanol–water partition coefficient (Wildman–Crippen LogP) is 0.991. The Kier molecular flexibility index (Phi) is 1.57. The maximum absolute atomic E-state index is 11.3. The highest BCUT2D eigenvalue weighted by Gasteiger charge is 2.19. The van der Waals surface area contributed by atoms with Crippen molar-refractivity contribution in [2.45, 2.75) is 12.8 Å². The second kappa shape index (κ2) is 2.59. The van der Waals surface area contributed by atoms with Crippen LogP contribution in [0.15, 0.2) is 18.5 Å². The molecule has 0 spiro atoms. The van der Waals surface area contributed by atoms with E-state index in [1.807, 2.05) is 6.07 Å². The summed E-state index contributed by atoms with van der Waals surface area (Å²) >= 11 is 0. The molecule has 0 aliphatic carbocycles.